The predicted octanol–water partition coefficient (Wildman–Crippen LogP) is 10.7. The van der Waals surface area contributed by atoms with Gasteiger partial charge in [0.15, 0.2) is 0 Å². The molecule has 8 aromatic carbocycles. The van der Waals surface area contributed by atoms with Crippen molar-refractivity contribution < 1.29 is 0 Å². The molecule has 2 heteroatoms. The second-order valence-electron chi connectivity index (χ2n) is 14.2. The summed E-state index contributed by atoms with van der Waals surface area (Å²) in [4.78, 5) is 2.88. The molecule has 2 aliphatic rings. The van der Waals surface area contributed by atoms with Crippen LogP contribution in [0.3, 0.4) is 0 Å². The number of benzene rings is 8. The lowest BCUT2D eigenvalue weighted by atomic mass is 9.82. The minimum atomic E-state index is -2.38. The van der Waals surface area contributed by atoms with Crippen molar-refractivity contribution in [2.45, 2.75) is 35.6 Å². The Morgan fingerprint density at radius 2 is 1.04 bits per heavy atom. The summed E-state index contributed by atoms with van der Waals surface area (Å²) < 4.78 is 0. The molecule has 0 aromatic heterocycles. The van der Waals surface area contributed by atoms with Crippen LogP contribution in [0.4, 0.5) is 0 Å². The van der Waals surface area contributed by atoms with E-state index in [1.165, 1.54) is 91.0 Å². The first-order valence-corrected chi connectivity index (χ1v) is 20.3. The van der Waals surface area contributed by atoms with Gasteiger partial charge in [0.2, 0.25) is 0 Å². The van der Waals surface area contributed by atoms with E-state index in [1.807, 2.05) is 11.8 Å². The zero-order chi connectivity index (χ0) is 32.2. The van der Waals surface area contributed by atoms with E-state index in [2.05, 4.69) is 172 Å². The van der Waals surface area contributed by atoms with Crippen molar-refractivity contribution in [1.82, 2.24) is 0 Å². The van der Waals surface area contributed by atoms with Gasteiger partial charge in [-0.3, -0.25) is 0 Å². The normalized spacial score (nSPS) is 17.2. The quantitative estimate of drug-likeness (QED) is 0.133. The van der Waals surface area contributed by atoms with Gasteiger partial charge in [0.25, 0.3) is 0 Å². The first-order chi connectivity index (χ1) is 23.5. The van der Waals surface area contributed by atoms with E-state index in [4.69, 9.17) is 0 Å². The Hall–Kier alpha value is -4.89. The third-order valence-corrected chi connectivity index (χ3v) is 17.5. The third-order valence-electron chi connectivity index (χ3n) is 11.4. The summed E-state index contributed by atoms with van der Waals surface area (Å²) in [6.45, 7) is 7.38. The van der Waals surface area contributed by atoms with Crippen molar-refractivity contribution in [3.8, 4) is 22.3 Å². The van der Waals surface area contributed by atoms with Crippen molar-refractivity contribution in [3.63, 3.8) is 0 Å². The predicted molar refractivity (Wildman–Crippen MR) is 209 cm³/mol. The van der Waals surface area contributed by atoms with Crippen LogP contribution in [0.2, 0.25) is 6.55 Å². The van der Waals surface area contributed by atoms with E-state index in [9.17, 15) is 0 Å². The van der Waals surface area contributed by atoms with Crippen LogP contribution in [-0.4, -0.2) is 8.07 Å². The Kier molecular flexibility index (Phi) is 5.90. The van der Waals surface area contributed by atoms with Gasteiger partial charge in [-0.2, -0.15) is 0 Å². The van der Waals surface area contributed by atoms with Gasteiger partial charge in [-0.15, -0.1) is 0 Å². The van der Waals surface area contributed by atoms with Crippen LogP contribution in [0.15, 0.2) is 161 Å². The Morgan fingerprint density at radius 3 is 1.77 bits per heavy atom. The molecule has 0 nitrogen and oxygen atoms in total. The largest absolute Gasteiger partial charge is 0.148 e. The lowest BCUT2D eigenvalue weighted by Gasteiger charge is -2.38. The second kappa shape index (κ2) is 10.1. The fourth-order valence-corrected chi connectivity index (χ4v) is 15.4. The van der Waals surface area contributed by atoms with Crippen LogP contribution >= 0.6 is 11.8 Å². The van der Waals surface area contributed by atoms with Crippen LogP contribution in [0.1, 0.15) is 25.0 Å². The molecular weight excluding hydrogens is 613 g/mol. The molecule has 0 saturated heterocycles. The third kappa shape index (κ3) is 3.68. The summed E-state index contributed by atoms with van der Waals surface area (Å²) in [7, 11) is -2.38. The van der Waals surface area contributed by atoms with E-state index < -0.39 is 8.07 Å². The van der Waals surface area contributed by atoms with Crippen molar-refractivity contribution >= 4 is 67.7 Å². The Bertz CT molecular complexity index is 2600. The Morgan fingerprint density at radius 1 is 0.458 bits per heavy atom. The molecule has 1 aliphatic carbocycles. The van der Waals surface area contributed by atoms with E-state index in [-0.39, 0.29) is 5.41 Å². The summed E-state index contributed by atoms with van der Waals surface area (Å²) in [5.41, 5.74) is 8.32. The highest BCUT2D eigenvalue weighted by molar-refractivity contribution is 8.00. The summed E-state index contributed by atoms with van der Waals surface area (Å²) in [5.74, 6) is 0. The molecule has 0 amide bonds. The topological polar surface area (TPSA) is 0 Å². The van der Waals surface area contributed by atoms with Gasteiger partial charge < -0.3 is 0 Å². The van der Waals surface area contributed by atoms with E-state index in [1.54, 1.807) is 0 Å². The Balaban J connectivity index is 1.27. The van der Waals surface area contributed by atoms with Gasteiger partial charge in [-0.05, 0) is 87.3 Å². The minimum Gasteiger partial charge on any atom is -0.0890 e. The average molecular weight is 647 g/mol. The van der Waals surface area contributed by atoms with Crippen molar-refractivity contribution in [3.05, 3.63) is 163 Å². The first kappa shape index (κ1) is 28.1. The zero-order valence-corrected chi connectivity index (χ0v) is 29.2. The van der Waals surface area contributed by atoms with Gasteiger partial charge in [-0.25, -0.2) is 0 Å². The number of rotatable bonds is 2. The van der Waals surface area contributed by atoms with E-state index in [0.717, 1.165) is 0 Å². The molecule has 48 heavy (non-hydrogen) atoms. The second-order valence-corrected chi connectivity index (χ2v) is 19.1. The molecule has 8 aromatic rings. The van der Waals surface area contributed by atoms with Gasteiger partial charge >= 0.3 is 0 Å². The van der Waals surface area contributed by atoms with Crippen molar-refractivity contribution in [2.24, 2.45) is 0 Å². The molecular formula is C46H34SSi. The smallest absolute Gasteiger partial charge is 0.0890 e. The molecule has 1 unspecified atom stereocenters. The monoisotopic (exact) mass is 646 g/mol. The SMILES string of the molecule is CC1(C)c2ccccc2-c2c1ccc1c2Sc2c(-c3ccc4c5ccccc5c5ccccc5c4c3)cccc2[Si]1(C)c1ccccc1. The Labute approximate surface area is 287 Å². The molecule has 0 saturated carbocycles. The summed E-state index contributed by atoms with van der Waals surface area (Å²) in [6.07, 6.45) is 0. The highest BCUT2D eigenvalue weighted by Crippen LogP contribution is 2.54. The first-order valence-electron chi connectivity index (χ1n) is 16.9. The van der Waals surface area contributed by atoms with Gasteiger partial charge in [0.1, 0.15) is 8.07 Å². The fraction of sp³-hybridized carbons (Fsp3) is 0.0870. The zero-order valence-electron chi connectivity index (χ0n) is 27.3. The van der Waals surface area contributed by atoms with Crippen LogP contribution in [0, 0.1) is 0 Å². The van der Waals surface area contributed by atoms with Crippen LogP contribution < -0.4 is 15.6 Å². The highest BCUT2D eigenvalue weighted by atomic mass is 32.2. The maximum Gasteiger partial charge on any atom is 0.148 e. The lowest BCUT2D eigenvalue weighted by Crippen LogP contribution is -2.67. The molecule has 1 aliphatic heterocycles. The van der Waals surface area contributed by atoms with Crippen LogP contribution in [-0.2, 0) is 5.41 Å². The molecule has 0 fully saturated rings. The number of hydrogen-bond donors (Lipinski definition) is 0. The maximum atomic E-state index is 2.59. The van der Waals surface area contributed by atoms with Crippen molar-refractivity contribution in [2.75, 3.05) is 0 Å². The average Bonchev–Trinajstić information content (AvgIpc) is 3.38. The molecule has 0 spiro atoms. The summed E-state index contributed by atoms with van der Waals surface area (Å²) in [6, 6.07) is 57.5. The fourth-order valence-electron chi connectivity index (χ4n) is 8.93. The van der Waals surface area contributed by atoms with Crippen molar-refractivity contribution in [1.29, 1.82) is 0 Å². The van der Waals surface area contributed by atoms with E-state index >= 15 is 0 Å². The molecule has 228 valence electrons. The van der Waals surface area contributed by atoms with Gasteiger partial charge in [0.05, 0.1) is 0 Å². The summed E-state index contributed by atoms with van der Waals surface area (Å²) >= 11 is 2.02. The molecule has 0 N–H and O–H groups in total. The molecule has 0 bridgehead atoms. The minimum absolute atomic E-state index is 0.0335. The lowest BCUT2D eigenvalue weighted by molar-refractivity contribution is 0.660. The van der Waals surface area contributed by atoms with E-state index in [0.29, 0.717) is 0 Å². The number of hydrogen-bond acceptors (Lipinski definition) is 1. The van der Waals surface area contributed by atoms with Crippen LogP contribution in [0.5, 0.6) is 0 Å². The number of fused-ring (bicyclic) bond motifs is 12. The van der Waals surface area contributed by atoms with Gasteiger partial charge in [-0.1, -0.05) is 178 Å². The molecule has 0 radical (unpaired) electrons. The molecule has 1 heterocycles. The summed E-state index contributed by atoms with van der Waals surface area (Å²) in [5, 5.41) is 12.4. The van der Waals surface area contributed by atoms with Gasteiger partial charge in [0, 0.05) is 15.2 Å². The van der Waals surface area contributed by atoms with Crippen LogP contribution in [0.25, 0.3) is 54.6 Å². The molecule has 1 atom stereocenters. The standard InChI is InChI=1S/C46H34SSi/c1-46(2)39-22-12-11-20-37(39)43-40(46)26-27-42-45(43)47-44-31(21-13-23-41(44)48(42,3)30-14-5-4-6-15-30)29-24-25-36-34-18-8-7-16-32(34)33-17-9-10-19-35(33)38(36)28-29/h4-28H,1-3H3. The molecule has 10 rings (SSSR count). The maximum absolute atomic E-state index is 2.59. The highest BCUT2D eigenvalue weighted by Gasteiger charge is 2.46.